The number of nitrogens with zero attached hydrogens (tertiary/aromatic N) is 1. The molecule has 0 spiro atoms. The molecular weight excluding hydrogens is 215 g/mol. The Bertz CT molecular complexity index is 315. The number of rotatable bonds is 8. The molecule has 0 aliphatic heterocycles. The summed E-state index contributed by atoms with van der Waals surface area (Å²) < 4.78 is 13.6. The van der Waals surface area contributed by atoms with Crippen molar-refractivity contribution in [3.63, 3.8) is 0 Å². The van der Waals surface area contributed by atoms with Crippen LogP contribution in [0.5, 0.6) is 0 Å². The molecule has 3 heteroatoms. The molecule has 17 heavy (non-hydrogen) atoms. The fourth-order valence-corrected chi connectivity index (χ4v) is 1.96. The van der Waals surface area contributed by atoms with Crippen molar-refractivity contribution in [1.82, 2.24) is 0 Å². The van der Waals surface area contributed by atoms with Gasteiger partial charge in [0.05, 0.1) is 5.69 Å². The van der Waals surface area contributed by atoms with Crippen molar-refractivity contribution in [3.8, 4) is 0 Å². The third-order valence-corrected chi connectivity index (χ3v) is 2.96. The van der Waals surface area contributed by atoms with Crippen LogP contribution in [0, 0.1) is 5.82 Å². The summed E-state index contributed by atoms with van der Waals surface area (Å²) in [5, 5.41) is 0. The average molecular weight is 238 g/mol. The first kappa shape index (κ1) is 14.0. The molecule has 0 heterocycles. The summed E-state index contributed by atoms with van der Waals surface area (Å²) in [4.78, 5) is 2.10. The third-order valence-electron chi connectivity index (χ3n) is 2.96. The van der Waals surface area contributed by atoms with Crippen LogP contribution in [-0.4, -0.2) is 19.6 Å². The maximum Gasteiger partial charge on any atom is 0.146 e. The van der Waals surface area contributed by atoms with Gasteiger partial charge in [-0.25, -0.2) is 4.39 Å². The number of halogens is 1. The molecule has 1 aromatic carbocycles. The van der Waals surface area contributed by atoms with E-state index in [0.717, 1.165) is 32.5 Å². The molecule has 0 saturated carbocycles. The van der Waals surface area contributed by atoms with Crippen molar-refractivity contribution < 1.29 is 4.39 Å². The van der Waals surface area contributed by atoms with Gasteiger partial charge in [0.15, 0.2) is 0 Å². The number of para-hydroxylation sites is 1. The summed E-state index contributed by atoms with van der Waals surface area (Å²) in [7, 11) is 0. The monoisotopic (exact) mass is 238 g/mol. The molecule has 0 unspecified atom stereocenters. The smallest absolute Gasteiger partial charge is 0.146 e. The number of unbranched alkanes of at least 4 members (excludes halogenated alkanes) is 3. The first-order chi connectivity index (χ1) is 8.29. The van der Waals surface area contributed by atoms with Crippen LogP contribution in [0.3, 0.4) is 0 Å². The molecule has 0 amide bonds. The van der Waals surface area contributed by atoms with Crippen LogP contribution in [0.15, 0.2) is 24.3 Å². The van der Waals surface area contributed by atoms with Crippen molar-refractivity contribution in [2.75, 3.05) is 24.5 Å². The van der Waals surface area contributed by atoms with Gasteiger partial charge in [-0.3, -0.25) is 0 Å². The van der Waals surface area contributed by atoms with Gasteiger partial charge in [0.2, 0.25) is 0 Å². The van der Waals surface area contributed by atoms with Gasteiger partial charge in [0.1, 0.15) is 5.82 Å². The van der Waals surface area contributed by atoms with E-state index < -0.39 is 0 Å². The Labute approximate surface area is 104 Å². The molecule has 0 aliphatic carbocycles. The van der Waals surface area contributed by atoms with Crippen molar-refractivity contribution in [3.05, 3.63) is 30.1 Å². The highest BCUT2D eigenvalue weighted by atomic mass is 19.1. The second-order valence-electron chi connectivity index (χ2n) is 4.23. The molecule has 1 rings (SSSR count). The molecule has 2 N–H and O–H groups in total. The van der Waals surface area contributed by atoms with Crippen LogP contribution in [0.2, 0.25) is 0 Å². The first-order valence-corrected chi connectivity index (χ1v) is 6.49. The van der Waals surface area contributed by atoms with Crippen LogP contribution < -0.4 is 10.6 Å². The van der Waals surface area contributed by atoms with E-state index in [0.29, 0.717) is 5.69 Å². The lowest BCUT2D eigenvalue weighted by atomic mass is 10.2. The number of anilines is 1. The van der Waals surface area contributed by atoms with Gasteiger partial charge >= 0.3 is 0 Å². The van der Waals surface area contributed by atoms with Gasteiger partial charge in [0, 0.05) is 13.1 Å². The minimum atomic E-state index is -0.128. The van der Waals surface area contributed by atoms with E-state index in [1.807, 2.05) is 12.1 Å². The van der Waals surface area contributed by atoms with Gasteiger partial charge in [-0.2, -0.15) is 0 Å². The van der Waals surface area contributed by atoms with Gasteiger partial charge < -0.3 is 10.6 Å². The Morgan fingerprint density at radius 2 is 1.82 bits per heavy atom. The topological polar surface area (TPSA) is 29.3 Å². The van der Waals surface area contributed by atoms with E-state index in [-0.39, 0.29) is 5.82 Å². The molecule has 0 bridgehead atoms. The fourth-order valence-electron chi connectivity index (χ4n) is 1.96. The predicted molar refractivity (Wildman–Crippen MR) is 71.8 cm³/mol. The summed E-state index contributed by atoms with van der Waals surface area (Å²) >= 11 is 0. The van der Waals surface area contributed by atoms with Crippen LogP contribution in [0.1, 0.15) is 32.6 Å². The number of nitrogens with two attached hydrogens (primary N) is 1. The fraction of sp³-hybridized carbons (Fsp3) is 0.571. The average Bonchev–Trinajstić information content (AvgIpc) is 2.35. The van der Waals surface area contributed by atoms with E-state index in [4.69, 9.17) is 5.73 Å². The Morgan fingerprint density at radius 1 is 1.12 bits per heavy atom. The highest BCUT2D eigenvalue weighted by molar-refractivity contribution is 5.47. The standard InChI is InChI=1S/C14H23FN2/c1-2-17(12-8-4-3-7-11-16)14-10-6-5-9-13(14)15/h5-6,9-10H,2-4,7-8,11-12,16H2,1H3. The normalized spacial score (nSPS) is 10.5. The third kappa shape index (κ3) is 4.73. The quantitative estimate of drug-likeness (QED) is 0.705. The number of benzene rings is 1. The van der Waals surface area contributed by atoms with Crippen molar-refractivity contribution in [1.29, 1.82) is 0 Å². The SMILES string of the molecule is CCN(CCCCCCN)c1ccccc1F. The van der Waals surface area contributed by atoms with Crippen molar-refractivity contribution >= 4 is 5.69 Å². The molecule has 0 radical (unpaired) electrons. The zero-order chi connectivity index (χ0) is 12.5. The lowest BCUT2D eigenvalue weighted by molar-refractivity contribution is 0.602. The minimum Gasteiger partial charge on any atom is -0.369 e. The first-order valence-electron chi connectivity index (χ1n) is 6.49. The van der Waals surface area contributed by atoms with Crippen LogP contribution in [0.4, 0.5) is 10.1 Å². The summed E-state index contributed by atoms with van der Waals surface area (Å²) in [5.74, 6) is -0.128. The lowest BCUT2D eigenvalue weighted by Gasteiger charge is -2.23. The summed E-state index contributed by atoms with van der Waals surface area (Å²) in [6, 6.07) is 6.98. The summed E-state index contributed by atoms with van der Waals surface area (Å²) in [6.07, 6.45) is 4.53. The molecule has 0 atom stereocenters. The van der Waals surface area contributed by atoms with Gasteiger partial charge in [-0.15, -0.1) is 0 Å². The zero-order valence-corrected chi connectivity index (χ0v) is 10.7. The highest BCUT2D eigenvalue weighted by Gasteiger charge is 2.08. The van der Waals surface area contributed by atoms with Gasteiger partial charge in [-0.1, -0.05) is 25.0 Å². The zero-order valence-electron chi connectivity index (χ0n) is 10.7. The highest BCUT2D eigenvalue weighted by Crippen LogP contribution is 2.18. The Hall–Kier alpha value is -1.09. The summed E-state index contributed by atoms with van der Waals surface area (Å²) in [5.41, 5.74) is 6.16. The van der Waals surface area contributed by atoms with Gasteiger partial charge in [-0.05, 0) is 38.4 Å². The maximum absolute atomic E-state index is 13.6. The minimum absolute atomic E-state index is 0.128. The van der Waals surface area contributed by atoms with Crippen LogP contribution >= 0.6 is 0 Å². The molecule has 2 nitrogen and oxygen atoms in total. The second kappa shape index (κ2) is 8.07. The molecule has 1 aromatic rings. The Morgan fingerprint density at radius 3 is 2.47 bits per heavy atom. The predicted octanol–water partition coefficient (Wildman–Crippen LogP) is 3.17. The largest absolute Gasteiger partial charge is 0.369 e. The summed E-state index contributed by atoms with van der Waals surface area (Å²) in [6.45, 7) is 4.59. The van der Waals surface area contributed by atoms with Crippen molar-refractivity contribution in [2.24, 2.45) is 5.73 Å². The second-order valence-corrected chi connectivity index (χ2v) is 4.23. The molecular formula is C14H23FN2. The molecule has 96 valence electrons. The van der Waals surface area contributed by atoms with E-state index in [9.17, 15) is 4.39 Å². The number of hydrogen-bond donors (Lipinski definition) is 1. The molecule has 0 aromatic heterocycles. The molecule has 0 aliphatic rings. The van der Waals surface area contributed by atoms with Gasteiger partial charge in [0.25, 0.3) is 0 Å². The Balaban J connectivity index is 2.41. The molecule has 0 saturated heterocycles. The van der Waals surface area contributed by atoms with E-state index in [1.165, 1.54) is 18.9 Å². The lowest BCUT2D eigenvalue weighted by Crippen LogP contribution is -2.24. The van der Waals surface area contributed by atoms with Crippen molar-refractivity contribution in [2.45, 2.75) is 32.6 Å². The van der Waals surface area contributed by atoms with Crippen LogP contribution in [-0.2, 0) is 0 Å². The van der Waals surface area contributed by atoms with E-state index in [1.54, 1.807) is 6.07 Å². The Kier molecular flexibility index (Phi) is 6.63. The maximum atomic E-state index is 13.6. The molecule has 0 fully saturated rings. The number of hydrogen-bond acceptors (Lipinski definition) is 2. The van der Waals surface area contributed by atoms with E-state index >= 15 is 0 Å². The van der Waals surface area contributed by atoms with E-state index in [2.05, 4.69) is 11.8 Å². The van der Waals surface area contributed by atoms with Crippen LogP contribution in [0.25, 0.3) is 0 Å².